The zero-order valence-corrected chi connectivity index (χ0v) is 14.0. The average Bonchev–Trinajstić information content (AvgIpc) is 2.70. The number of amidine groups is 1. The van der Waals surface area contributed by atoms with Gasteiger partial charge in [0.05, 0.1) is 5.69 Å². The number of para-hydroxylation sites is 1. The van der Waals surface area contributed by atoms with Gasteiger partial charge in [-0.15, -0.1) is 0 Å². The number of rotatable bonds is 5. The molecule has 0 spiro atoms. The number of ketones is 1. The molecule has 4 nitrogen and oxygen atoms in total. The van der Waals surface area contributed by atoms with E-state index < -0.39 is 0 Å². The van der Waals surface area contributed by atoms with Gasteiger partial charge in [-0.1, -0.05) is 78.9 Å². The molecule has 0 saturated carbocycles. The molecule has 3 rings (SSSR count). The van der Waals surface area contributed by atoms with Crippen molar-refractivity contribution in [3.8, 4) is 0 Å². The Morgan fingerprint density at radius 1 is 0.731 bits per heavy atom. The lowest BCUT2D eigenvalue weighted by molar-refractivity contribution is 0.103. The number of aliphatic imine (C=N–C) groups is 1. The van der Waals surface area contributed by atoms with E-state index in [1.54, 1.807) is 60.7 Å². The molecule has 0 bridgehead atoms. The van der Waals surface area contributed by atoms with E-state index >= 15 is 0 Å². The van der Waals surface area contributed by atoms with Gasteiger partial charge in [0.15, 0.2) is 0 Å². The SMILES string of the molecule is NC(=Nc1ccccc1)/C(C(=O)c1ccccc1)=C(/O)c1ccccc1. The van der Waals surface area contributed by atoms with Crippen molar-refractivity contribution in [2.45, 2.75) is 0 Å². The lowest BCUT2D eigenvalue weighted by Crippen LogP contribution is -2.23. The van der Waals surface area contributed by atoms with Gasteiger partial charge >= 0.3 is 0 Å². The summed E-state index contributed by atoms with van der Waals surface area (Å²) >= 11 is 0. The Morgan fingerprint density at radius 3 is 1.73 bits per heavy atom. The number of carbonyl (C=O) groups excluding carboxylic acids is 1. The van der Waals surface area contributed by atoms with Gasteiger partial charge in [0, 0.05) is 11.1 Å². The first-order valence-corrected chi connectivity index (χ1v) is 8.15. The van der Waals surface area contributed by atoms with Gasteiger partial charge in [0.25, 0.3) is 0 Å². The van der Waals surface area contributed by atoms with Crippen LogP contribution in [0.15, 0.2) is 102 Å². The van der Waals surface area contributed by atoms with Crippen LogP contribution in [0.4, 0.5) is 5.69 Å². The monoisotopic (exact) mass is 342 g/mol. The number of hydrogen-bond acceptors (Lipinski definition) is 3. The van der Waals surface area contributed by atoms with Crippen LogP contribution >= 0.6 is 0 Å². The fraction of sp³-hybridized carbons (Fsp3) is 0. The van der Waals surface area contributed by atoms with Crippen molar-refractivity contribution in [1.82, 2.24) is 0 Å². The van der Waals surface area contributed by atoms with Gasteiger partial charge in [-0.25, -0.2) is 4.99 Å². The van der Waals surface area contributed by atoms with Crippen molar-refractivity contribution in [2.24, 2.45) is 10.7 Å². The minimum atomic E-state index is -0.385. The van der Waals surface area contributed by atoms with Crippen LogP contribution in [-0.2, 0) is 0 Å². The van der Waals surface area contributed by atoms with Crippen LogP contribution < -0.4 is 5.73 Å². The van der Waals surface area contributed by atoms with Crippen LogP contribution in [0.5, 0.6) is 0 Å². The second-order valence-electron chi connectivity index (χ2n) is 5.62. The van der Waals surface area contributed by atoms with Crippen LogP contribution in [0.2, 0.25) is 0 Å². The molecule has 0 amide bonds. The molecule has 0 atom stereocenters. The summed E-state index contributed by atoms with van der Waals surface area (Å²) in [5.41, 5.74) is 7.64. The zero-order chi connectivity index (χ0) is 18.4. The molecule has 0 saturated heterocycles. The van der Waals surface area contributed by atoms with Gasteiger partial charge < -0.3 is 10.8 Å². The Hall–Kier alpha value is -3.66. The summed E-state index contributed by atoms with van der Waals surface area (Å²) in [5, 5.41) is 10.8. The highest BCUT2D eigenvalue weighted by Gasteiger charge is 2.22. The molecular weight excluding hydrogens is 324 g/mol. The minimum absolute atomic E-state index is 0.0220. The number of carbonyl (C=O) groups is 1. The van der Waals surface area contributed by atoms with Crippen LogP contribution in [0.25, 0.3) is 5.76 Å². The molecule has 0 aromatic heterocycles. The van der Waals surface area contributed by atoms with E-state index in [1.807, 2.05) is 30.3 Å². The van der Waals surface area contributed by atoms with Crippen molar-refractivity contribution in [1.29, 1.82) is 0 Å². The molecular formula is C22H18N2O2. The third-order valence-corrected chi connectivity index (χ3v) is 3.81. The highest BCUT2D eigenvalue weighted by Crippen LogP contribution is 2.21. The Bertz CT molecular complexity index is 947. The van der Waals surface area contributed by atoms with Crippen LogP contribution in [0.1, 0.15) is 15.9 Å². The van der Waals surface area contributed by atoms with E-state index in [0.717, 1.165) is 0 Å². The van der Waals surface area contributed by atoms with Crippen LogP contribution in [0.3, 0.4) is 0 Å². The third-order valence-electron chi connectivity index (χ3n) is 3.81. The second kappa shape index (κ2) is 7.94. The molecule has 0 heterocycles. The van der Waals surface area contributed by atoms with E-state index in [1.165, 1.54) is 0 Å². The molecule has 3 N–H and O–H groups in total. The topological polar surface area (TPSA) is 75.7 Å². The van der Waals surface area contributed by atoms with Crippen molar-refractivity contribution in [3.63, 3.8) is 0 Å². The van der Waals surface area contributed by atoms with Gasteiger partial charge in [0.2, 0.25) is 5.78 Å². The fourth-order valence-corrected chi connectivity index (χ4v) is 2.52. The molecule has 0 aliphatic carbocycles. The fourth-order valence-electron chi connectivity index (χ4n) is 2.52. The van der Waals surface area contributed by atoms with E-state index in [9.17, 15) is 9.90 Å². The maximum absolute atomic E-state index is 13.0. The molecule has 0 fully saturated rings. The molecule has 128 valence electrons. The molecule has 4 heteroatoms. The quantitative estimate of drug-likeness (QED) is 0.235. The summed E-state index contributed by atoms with van der Waals surface area (Å²) in [6, 6.07) is 26.6. The predicted octanol–water partition coefficient (Wildman–Crippen LogP) is 4.53. The first-order valence-electron chi connectivity index (χ1n) is 8.15. The molecule has 0 unspecified atom stereocenters. The Kier molecular flexibility index (Phi) is 5.25. The standard InChI is InChI=1S/C22H18N2O2/c23-22(24-18-14-8-3-9-15-18)19(20(25)16-10-4-1-5-11-16)21(26)17-12-6-2-7-13-17/h1-15,25H,(H2,23,24)/b20-19+. The maximum atomic E-state index is 13.0. The van der Waals surface area contributed by atoms with E-state index in [0.29, 0.717) is 16.8 Å². The van der Waals surface area contributed by atoms with Gasteiger partial charge in [-0.3, -0.25) is 4.79 Å². The number of nitrogens with two attached hydrogens (primary N) is 1. The smallest absolute Gasteiger partial charge is 0.200 e. The molecule has 0 radical (unpaired) electrons. The maximum Gasteiger partial charge on any atom is 0.200 e. The van der Waals surface area contributed by atoms with Crippen LogP contribution in [-0.4, -0.2) is 16.7 Å². The molecule has 0 aliphatic rings. The van der Waals surface area contributed by atoms with Crippen molar-refractivity contribution >= 4 is 23.1 Å². The second-order valence-corrected chi connectivity index (χ2v) is 5.62. The summed E-state index contributed by atoms with van der Waals surface area (Å²) < 4.78 is 0. The normalized spacial score (nSPS) is 12.4. The highest BCUT2D eigenvalue weighted by molar-refractivity contribution is 6.30. The summed E-state index contributed by atoms with van der Waals surface area (Å²) in [6.07, 6.45) is 0. The Labute approximate surface area is 152 Å². The van der Waals surface area contributed by atoms with E-state index in [-0.39, 0.29) is 23.0 Å². The number of nitrogens with zero attached hydrogens (tertiary/aromatic N) is 1. The number of hydrogen-bond donors (Lipinski definition) is 2. The zero-order valence-electron chi connectivity index (χ0n) is 14.0. The summed E-state index contributed by atoms with van der Waals surface area (Å²) in [7, 11) is 0. The first-order chi connectivity index (χ1) is 12.7. The minimum Gasteiger partial charge on any atom is -0.506 e. The first kappa shape index (κ1) is 17.2. The predicted molar refractivity (Wildman–Crippen MR) is 104 cm³/mol. The molecule has 3 aromatic carbocycles. The summed E-state index contributed by atoms with van der Waals surface area (Å²) in [4.78, 5) is 17.3. The number of Topliss-reactive ketones (excluding diaryl/α,β-unsaturated/α-hetero) is 1. The van der Waals surface area contributed by atoms with Gasteiger partial charge in [-0.05, 0) is 12.1 Å². The number of benzene rings is 3. The summed E-state index contributed by atoms with van der Waals surface area (Å²) in [6.45, 7) is 0. The average molecular weight is 342 g/mol. The number of aliphatic hydroxyl groups is 1. The lowest BCUT2D eigenvalue weighted by Gasteiger charge is -2.11. The Morgan fingerprint density at radius 2 is 1.19 bits per heavy atom. The van der Waals surface area contributed by atoms with Gasteiger partial charge in [-0.2, -0.15) is 0 Å². The lowest BCUT2D eigenvalue weighted by atomic mass is 9.98. The van der Waals surface area contributed by atoms with Crippen molar-refractivity contribution < 1.29 is 9.90 Å². The molecule has 3 aromatic rings. The summed E-state index contributed by atoms with van der Waals surface area (Å²) in [5.74, 6) is -0.618. The molecule has 26 heavy (non-hydrogen) atoms. The van der Waals surface area contributed by atoms with E-state index in [4.69, 9.17) is 5.73 Å². The third kappa shape index (κ3) is 3.87. The Balaban J connectivity index is 2.14. The van der Waals surface area contributed by atoms with Crippen LogP contribution in [0, 0.1) is 0 Å². The largest absolute Gasteiger partial charge is 0.506 e. The highest BCUT2D eigenvalue weighted by atomic mass is 16.3. The van der Waals surface area contributed by atoms with Crippen molar-refractivity contribution in [2.75, 3.05) is 0 Å². The van der Waals surface area contributed by atoms with E-state index in [2.05, 4.69) is 4.99 Å². The van der Waals surface area contributed by atoms with Crippen molar-refractivity contribution in [3.05, 3.63) is 108 Å². The number of aliphatic hydroxyl groups excluding tert-OH is 1. The van der Waals surface area contributed by atoms with Gasteiger partial charge in [0.1, 0.15) is 17.2 Å². The molecule has 0 aliphatic heterocycles.